The van der Waals surface area contributed by atoms with Crippen LogP contribution in [0.2, 0.25) is 0 Å². The molecule has 0 aromatic heterocycles. The van der Waals surface area contributed by atoms with Gasteiger partial charge in [0.25, 0.3) is 0 Å². The van der Waals surface area contributed by atoms with Gasteiger partial charge in [-0.3, -0.25) is 9.59 Å². The van der Waals surface area contributed by atoms with E-state index in [4.69, 9.17) is 4.74 Å². The van der Waals surface area contributed by atoms with E-state index in [9.17, 15) is 19.8 Å². The summed E-state index contributed by atoms with van der Waals surface area (Å²) in [5.41, 5.74) is 0. The number of nitrogens with one attached hydrogen (secondary N) is 1. The summed E-state index contributed by atoms with van der Waals surface area (Å²) in [4.78, 5) is 24.5. The third kappa shape index (κ3) is 55.4. The van der Waals surface area contributed by atoms with E-state index in [-0.39, 0.29) is 18.5 Å². The number of amides is 1. The van der Waals surface area contributed by atoms with Gasteiger partial charge in [-0.25, -0.2) is 0 Å². The predicted molar refractivity (Wildman–Crippen MR) is 306 cm³/mol. The van der Waals surface area contributed by atoms with Gasteiger partial charge in [0.05, 0.1) is 25.4 Å². The van der Waals surface area contributed by atoms with Gasteiger partial charge in [-0.2, -0.15) is 0 Å². The average molecular weight is 985 g/mol. The van der Waals surface area contributed by atoms with Crippen LogP contribution in [0, 0.1) is 0 Å². The molecule has 0 saturated carbocycles. The summed E-state index contributed by atoms with van der Waals surface area (Å²) in [7, 11) is 0. The Hall–Kier alpha value is -1.92. The van der Waals surface area contributed by atoms with Crippen molar-refractivity contribution in [2.24, 2.45) is 0 Å². The van der Waals surface area contributed by atoms with E-state index in [2.05, 4.69) is 55.6 Å². The standard InChI is InChI=1S/C64H121NO5/c1-3-5-7-9-11-13-15-17-19-26-29-32-36-40-44-48-52-56-62(67)61(60-66)65-63(68)57-53-49-45-41-37-33-30-27-24-22-20-21-23-25-28-31-35-39-43-47-51-55-59-70-64(69)58-54-50-46-42-38-34-18-16-14-12-10-8-6-4-2/h10,12,16,18,22,24,61-62,66-67H,3-9,11,13-15,17,19-21,23,25-60H2,1-2H3,(H,65,68)/b12-10-,18-16-,24-22-. The fraction of sp³-hybridized carbons (Fsp3) is 0.875. The van der Waals surface area contributed by atoms with Gasteiger partial charge in [0.2, 0.25) is 5.91 Å². The quantitative estimate of drug-likeness (QED) is 0.0321. The topological polar surface area (TPSA) is 95.9 Å². The number of carbonyl (C=O) groups excluding carboxylic acids is 2. The zero-order chi connectivity index (χ0) is 50.7. The van der Waals surface area contributed by atoms with Gasteiger partial charge in [0, 0.05) is 12.8 Å². The highest BCUT2D eigenvalue weighted by atomic mass is 16.5. The molecule has 0 bridgehead atoms. The lowest BCUT2D eigenvalue weighted by atomic mass is 10.0. The Labute approximate surface area is 436 Å². The van der Waals surface area contributed by atoms with Crippen molar-refractivity contribution in [1.82, 2.24) is 5.32 Å². The number of allylic oxidation sites excluding steroid dienone is 6. The van der Waals surface area contributed by atoms with E-state index in [0.29, 0.717) is 25.9 Å². The van der Waals surface area contributed by atoms with Crippen LogP contribution in [0.5, 0.6) is 0 Å². The molecule has 412 valence electrons. The minimum absolute atomic E-state index is 0.00456. The van der Waals surface area contributed by atoms with Gasteiger partial charge in [-0.15, -0.1) is 0 Å². The second-order valence-corrected chi connectivity index (χ2v) is 21.4. The molecule has 0 aliphatic carbocycles. The molecule has 70 heavy (non-hydrogen) atoms. The summed E-state index contributed by atoms with van der Waals surface area (Å²) in [5.74, 6) is -0.0448. The maximum Gasteiger partial charge on any atom is 0.305 e. The van der Waals surface area contributed by atoms with Gasteiger partial charge < -0.3 is 20.3 Å². The fourth-order valence-corrected chi connectivity index (χ4v) is 9.59. The first-order chi connectivity index (χ1) is 34.5. The van der Waals surface area contributed by atoms with E-state index in [1.165, 1.54) is 250 Å². The minimum Gasteiger partial charge on any atom is -0.466 e. The van der Waals surface area contributed by atoms with E-state index in [1.807, 2.05) is 0 Å². The Balaban J connectivity index is 3.43. The zero-order valence-electron chi connectivity index (χ0n) is 47.0. The number of ether oxygens (including phenoxy) is 1. The van der Waals surface area contributed by atoms with Gasteiger partial charge in [0.1, 0.15) is 0 Å². The fourth-order valence-electron chi connectivity index (χ4n) is 9.59. The molecular formula is C64H121NO5. The highest BCUT2D eigenvalue weighted by molar-refractivity contribution is 5.76. The number of hydrogen-bond donors (Lipinski definition) is 3. The maximum atomic E-state index is 12.5. The molecule has 0 aliphatic rings. The average Bonchev–Trinajstić information content (AvgIpc) is 3.36. The second-order valence-electron chi connectivity index (χ2n) is 21.4. The molecule has 0 aliphatic heterocycles. The monoisotopic (exact) mass is 984 g/mol. The number of esters is 1. The first-order valence-electron chi connectivity index (χ1n) is 31.2. The van der Waals surface area contributed by atoms with Crippen LogP contribution in [-0.2, 0) is 14.3 Å². The number of hydrogen-bond acceptors (Lipinski definition) is 5. The number of rotatable bonds is 58. The minimum atomic E-state index is -0.669. The molecule has 0 spiro atoms. The highest BCUT2D eigenvalue weighted by Crippen LogP contribution is 2.17. The van der Waals surface area contributed by atoms with Gasteiger partial charge in [-0.05, 0) is 77.0 Å². The predicted octanol–water partition coefficient (Wildman–Crippen LogP) is 19.6. The van der Waals surface area contributed by atoms with Crippen LogP contribution in [0.1, 0.15) is 335 Å². The Morgan fingerprint density at radius 1 is 0.400 bits per heavy atom. The van der Waals surface area contributed by atoms with Crippen LogP contribution in [0.25, 0.3) is 0 Å². The first-order valence-corrected chi connectivity index (χ1v) is 31.2. The Kier molecular flexibility index (Phi) is 58.0. The van der Waals surface area contributed by atoms with Crippen LogP contribution in [-0.4, -0.2) is 47.4 Å². The zero-order valence-corrected chi connectivity index (χ0v) is 47.0. The van der Waals surface area contributed by atoms with Crippen LogP contribution in [0.4, 0.5) is 0 Å². The lowest BCUT2D eigenvalue weighted by Gasteiger charge is -2.22. The Morgan fingerprint density at radius 2 is 0.729 bits per heavy atom. The van der Waals surface area contributed by atoms with Gasteiger partial charge in [0.15, 0.2) is 0 Å². The van der Waals surface area contributed by atoms with Crippen LogP contribution < -0.4 is 5.32 Å². The summed E-state index contributed by atoms with van der Waals surface area (Å²) < 4.78 is 5.47. The molecule has 0 heterocycles. The first kappa shape index (κ1) is 68.1. The van der Waals surface area contributed by atoms with Crippen molar-refractivity contribution < 1.29 is 24.5 Å². The number of unbranched alkanes of at least 4 members (excludes halogenated alkanes) is 41. The lowest BCUT2D eigenvalue weighted by Crippen LogP contribution is -2.45. The molecule has 2 unspecified atom stereocenters. The number of aliphatic hydroxyl groups excluding tert-OH is 2. The SMILES string of the molecule is CCCC/C=C\C/C=C\CCCCCCCC(=O)OCCCCCCCCCCCCC/C=C\CCCCCCCCCC(=O)NC(CO)C(O)CCCCCCCCCCCCCCCCCCC. The molecule has 1 amide bonds. The summed E-state index contributed by atoms with van der Waals surface area (Å²) >= 11 is 0. The molecule has 0 aromatic carbocycles. The van der Waals surface area contributed by atoms with E-state index < -0.39 is 12.1 Å². The Morgan fingerprint density at radius 3 is 1.14 bits per heavy atom. The molecule has 6 nitrogen and oxygen atoms in total. The van der Waals surface area contributed by atoms with Crippen molar-refractivity contribution in [3.63, 3.8) is 0 Å². The largest absolute Gasteiger partial charge is 0.466 e. The van der Waals surface area contributed by atoms with Crippen LogP contribution in [0.15, 0.2) is 36.5 Å². The molecule has 0 fully saturated rings. The van der Waals surface area contributed by atoms with Crippen LogP contribution in [0.3, 0.4) is 0 Å². The lowest BCUT2D eigenvalue weighted by molar-refractivity contribution is -0.143. The molecular weight excluding hydrogens is 863 g/mol. The number of carbonyl (C=O) groups is 2. The Bertz CT molecular complexity index is 1130. The van der Waals surface area contributed by atoms with Gasteiger partial charge >= 0.3 is 5.97 Å². The summed E-state index contributed by atoms with van der Waals surface area (Å²) in [6, 6.07) is -0.547. The molecule has 3 N–H and O–H groups in total. The molecule has 0 rings (SSSR count). The number of aliphatic hydroxyl groups is 2. The van der Waals surface area contributed by atoms with Gasteiger partial charge in [-0.1, -0.05) is 281 Å². The van der Waals surface area contributed by atoms with Crippen molar-refractivity contribution in [2.75, 3.05) is 13.2 Å². The normalized spacial score (nSPS) is 12.8. The molecule has 0 saturated heterocycles. The van der Waals surface area contributed by atoms with Crippen molar-refractivity contribution in [2.45, 2.75) is 347 Å². The third-order valence-electron chi connectivity index (χ3n) is 14.4. The van der Waals surface area contributed by atoms with Crippen molar-refractivity contribution in [3.05, 3.63) is 36.5 Å². The van der Waals surface area contributed by atoms with Crippen molar-refractivity contribution >= 4 is 11.9 Å². The molecule has 6 heteroatoms. The van der Waals surface area contributed by atoms with E-state index in [0.717, 1.165) is 51.4 Å². The summed E-state index contributed by atoms with van der Waals surface area (Å²) in [6.45, 7) is 4.92. The summed E-state index contributed by atoms with van der Waals surface area (Å²) in [5, 5.41) is 23.3. The third-order valence-corrected chi connectivity index (χ3v) is 14.4. The molecule has 0 radical (unpaired) electrons. The summed E-state index contributed by atoms with van der Waals surface area (Å²) in [6.07, 6.45) is 74.3. The van der Waals surface area contributed by atoms with E-state index in [1.54, 1.807) is 0 Å². The molecule has 0 aromatic rings. The maximum absolute atomic E-state index is 12.5. The van der Waals surface area contributed by atoms with Crippen LogP contribution >= 0.6 is 0 Å². The van der Waals surface area contributed by atoms with Crippen molar-refractivity contribution in [1.29, 1.82) is 0 Å². The highest BCUT2D eigenvalue weighted by Gasteiger charge is 2.20. The smallest absolute Gasteiger partial charge is 0.305 e. The second kappa shape index (κ2) is 59.6. The van der Waals surface area contributed by atoms with E-state index >= 15 is 0 Å². The molecule has 2 atom stereocenters. The van der Waals surface area contributed by atoms with Crippen molar-refractivity contribution in [3.8, 4) is 0 Å².